The van der Waals surface area contributed by atoms with Crippen molar-refractivity contribution in [1.29, 1.82) is 0 Å². The fourth-order valence-electron chi connectivity index (χ4n) is 4.44. The molecular formula is C22H31N5O4S. The zero-order chi connectivity index (χ0) is 22.7. The van der Waals surface area contributed by atoms with Crippen molar-refractivity contribution in [3.63, 3.8) is 0 Å². The van der Waals surface area contributed by atoms with E-state index in [-0.39, 0.29) is 22.5 Å². The minimum absolute atomic E-state index is 0.104. The summed E-state index contributed by atoms with van der Waals surface area (Å²) in [4.78, 5) is 15.0. The maximum atomic E-state index is 13.4. The molecule has 174 valence electrons. The zero-order valence-corrected chi connectivity index (χ0v) is 19.5. The van der Waals surface area contributed by atoms with Gasteiger partial charge in [-0.25, -0.2) is 8.42 Å². The number of piperazine rings is 1. The van der Waals surface area contributed by atoms with Crippen molar-refractivity contribution in [3.8, 4) is 5.75 Å². The monoisotopic (exact) mass is 461 g/mol. The predicted octanol–water partition coefficient (Wildman–Crippen LogP) is 2.00. The van der Waals surface area contributed by atoms with Crippen LogP contribution >= 0.6 is 0 Å². The Balaban J connectivity index is 1.49. The van der Waals surface area contributed by atoms with Crippen LogP contribution in [0.3, 0.4) is 0 Å². The summed E-state index contributed by atoms with van der Waals surface area (Å²) in [6, 6.07) is 7.88. The maximum absolute atomic E-state index is 13.4. The lowest BCUT2D eigenvalue weighted by atomic mass is 10.2. The summed E-state index contributed by atoms with van der Waals surface area (Å²) in [5.41, 5.74) is 1.07. The smallest absolute Gasteiger partial charge is 0.263 e. The molecule has 0 radical (unpaired) electrons. The minimum atomic E-state index is -3.89. The molecule has 2 heterocycles. The number of carbonyl (C=O) groups excluding carboxylic acids is 1. The van der Waals surface area contributed by atoms with E-state index in [1.807, 2.05) is 31.2 Å². The van der Waals surface area contributed by atoms with Crippen LogP contribution in [0.5, 0.6) is 5.75 Å². The van der Waals surface area contributed by atoms with Gasteiger partial charge in [0.25, 0.3) is 15.9 Å². The molecule has 0 spiro atoms. The standard InChI is InChI=1S/C22H31N5O4S/c1-3-31-20-11-7-6-10-19(20)26-12-14-27(15-13-26)32(29,30)22-18(16-25(2)24-22)21(28)23-17-8-4-5-9-17/h6-7,10-11,16-17H,3-5,8-9,12-15H2,1-2H3,(H,23,28). The van der Waals surface area contributed by atoms with Gasteiger partial charge in [-0.3, -0.25) is 9.48 Å². The van der Waals surface area contributed by atoms with Crippen LogP contribution in [-0.4, -0.2) is 67.2 Å². The number of ether oxygens (including phenoxy) is 1. The third-order valence-corrected chi connectivity index (χ3v) is 7.89. The SMILES string of the molecule is CCOc1ccccc1N1CCN(S(=O)(=O)c2nn(C)cc2C(=O)NC2CCCC2)CC1. The van der Waals surface area contributed by atoms with Gasteiger partial charge in [-0.2, -0.15) is 9.40 Å². The van der Waals surface area contributed by atoms with Gasteiger partial charge in [-0.05, 0) is 31.9 Å². The summed E-state index contributed by atoms with van der Waals surface area (Å²) in [6.45, 7) is 4.18. The number of nitrogens with one attached hydrogen (secondary N) is 1. The lowest BCUT2D eigenvalue weighted by molar-refractivity contribution is 0.0934. The number of anilines is 1. The van der Waals surface area contributed by atoms with Crippen molar-refractivity contribution in [2.75, 3.05) is 37.7 Å². The first-order chi connectivity index (χ1) is 15.4. The Hall–Kier alpha value is -2.59. The highest BCUT2D eigenvalue weighted by Gasteiger charge is 2.35. The Morgan fingerprint density at radius 1 is 1.16 bits per heavy atom. The first kappa shape index (κ1) is 22.6. The zero-order valence-electron chi connectivity index (χ0n) is 18.7. The number of carbonyl (C=O) groups is 1. The van der Waals surface area contributed by atoms with Crippen molar-refractivity contribution in [3.05, 3.63) is 36.0 Å². The third kappa shape index (κ3) is 4.61. The number of sulfonamides is 1. The van der Waals surface area contributed by atoms with Gasteiger partial charge >= 0.3 is 0 Å². The molecule has 2 fully saturated rings. The molecule has 4 rings (SSSR count). The van der Waals surface area contributed by atoms with E-state index in [2.05, 4.69) is 15.3 Å². The van der Waals surface area contributed by atoms with Gasteiger partial charge < -0.3 is 15.0 Å². The number of hydrogen-bond donors (Lipinski definition) is 1. The summed E-state index contributed by atoms with van der Waals surface area (Å²) < 4.78 is 35.3. The van der Waals surface area contributed by atoms with Crippen molar-refractivity contribution in [2.24, 2.45) is 7.05 Å². The lowest BCUT2D eigenvalue weighted by Crippen LogP contribution is -2.49. The maximum Gasteiger partial charge on any atom is 0.263 e. The second kappa shape index (κ2) is 9.50. The average molecular weight is 462 g/mol. The molecule has 32 heavy (non-hydrogen) atoms. The summed E-state index contributed by atoms with van der Waals surface area (Å²) in [6.07, 6.45) is 5.52. The van der Waals surface area contributed by atoms with E-state index in [1.165, 1.54) is 15.2 Å². The minimum Gasteiger partial charge on any atom is -0.492 e. The molecule has 0 unspecified atom stereocenters. The molecule has 2 aromatic rings. The summed E-state index contributed by atoms with van der Waals surface area (Å²) in [5, 5.41) is 6.97. The van der Waals surface area contributed by atoms with Crippen LogP contribution in [0.1, 0.15) is 43.0 Å². The van der Waals surface area contributed by atoms with Crippen molar-refractivity contribution < 1.29 is 17.9 Å². The molecule has 1 N–H and O–H groups in total. The number of para-hydroxylation sites is 2. The van der Waals surface area contributed by atoms with Crippen LogP contribution in [-0.2, 0) is 17.1 Å². The van der Waals surface area contributed by atoms with Gasteiger partial charge in [0.1, 0.15) is 5.75 Å². The Labute approximate surface area is 189 Å². The van der Waals surface area contributed by atoms with E-state index < -0.39 is 10.0 Å². The molecule has 1 aromatic heterocycles. The molecule has 9 nitrogen and oxygen atoms in total. The largest absolute Gasteiger partial charge is 0.492 e. The number of amides is 1. The van der Waals surface area contributed by atoms with Crippen LogP contribution < -0.4 is 15.0 Å². The molecule has 2 aliphatic rings. The number of nitrogens with zero attached hydrogens (tertiary/aromatic N) is 4. The molecule has 0 bridgehead atoms. The summed E-state index contributed by atoms with van der Waals surface area (Å²) >= 11 is 0. The molecule has 1 aromatic carbocycles. The second-order valence-corrected chi connectivity index (χ2v) is 10.1. The number of rotatable bonds is 7. The van der Waals surface area contributed by atoms with Crippen LogP contribution in [0.25, 0.3) is 0 Å². The van der Waals surface area contributed by atoms with E-state index >= 15 is 0 Å². The highest BCUT2D eigenvalue weighted by atomic mass is 32.2. The van der Waals surface area contributed by atoms with Crippen LogP contribution in [0, 0.1) is 0 Å². The lowest BCUT2D eigenvalue weighted by Gasteiger charge is -2.35. The van der Waals surface area contributed by atoms with Crippen LogP contribution in [0.4, 0.5) is 5.69 Å². The molecule has 1 aliphatic heterocycles. The molecular weight excluding hydrogens is 430 g/mol. The second-order valence-electron chi connectivity index (χ2n) is 8.27. The van der Waals surface area contributed by atoms with E-state index in [9.17, 15) is 13.2 Å². The Kier molecular flexibility index (Phi) is 6.71. The number of benzene rings is 1. The summed E-state index contributed by atoms with van der Waals surface area (Å²) in [5.74, 6) is 0.426. The molecule has 0 atom stereocenters. The molecule has 1 saturated carbocycles. The number of aryl methyl sites for hydroxylation is 1. The normalized spacial score (nSPS) is 18.1. The first-order valence-corrected chi connectivity index (χ1v) is 12.7. The van der Waals surface area contributed by atoms with Gasteiger partial charge in [-0.1, -0.05) is 25.0 Å². The van der Waals surface area contributed by atoms with Crippen molar-refractivity contribution >= 4 is 21.6 Å². The van der Waals surface area contributed by atoms with E-state index in [4.69, 9.17) is 4.74 Å². The Morgan fingerprint density at radius 3 is 2.53 bits per heavy atom. The molecule has 1 amide bonds. The summed E-state index contributed by atoms with van der Waals surface area (Å²) in [7, 11) is -2.26. The van der Waals surface area contributed by atoms with Crippen LogP contribution in [0.15, 0.2) is 35.5 Å². The van der Waals surface area contributed by atoms with E-state index in [0.717, 1.165) is 37.1 Å². The fourth-order valence-corrected chi connectivity index (χ4v) is 5.98. The highest BCUT2D eigenvalue weighted by molar-refractivity contribution is 7.89. The quantitative estimate of drug-likeness (QED) is 0.678. The van der Waals surface area contributed by atoms with Crippen LogP contribution in [0.2, 0.25) is 0 Å². The van der Waals surface area contributed by atoms with Gasteiger partial charge in [-0.15, -0.1) is 0 Å². The molecule has 1 aliphatic carbocycles. The first-order valence-electron chi connectivity index (χ1n) is 11.2. The fraction of sp³-hybridized carbons (Fsp3) is 0.545. The number of hydrogen-bond acceptors (Lipinski definition) is 6. The molecule has 1 saturated heterocycles. The highest BCUT2D eigenvalue weighted by Crippen LogP contribution is 2.30. The van der Waals surface area contributed by atoms with Crippen molar-refractivity contribution in [1.82, 2.24) is 19.4 Å². The predicted molar refractivity (Wildman–Crippen MR) is 122 cm³/mol. The van der Waals surface area contributed by atoms with Gasteiger partial charge in [0.15, 0.2) is 0 Å². The van der Waals surface area contributed by atoms with E-state index in [0.29, 0.717) is 32.8 Å². The van der Waals surface area contributed by atoms with Gasteiger partial charge in [0, 0.05) is 45.5 Å². The van der Waals surface area contributed by atoms with E-state index in [1.54, 1.807) is 7.05 Å². The topological polar surface area (TPSA) is 96.8 Å². The number of aromatic nitrogens is 2. The van der Waals surface area contributed by atoms with Gasteiger partial charge in [0.05, 0.1) is 17.9 Å². The Bertz CT molecular complexity index is 1050. The molecule has 10 heteroatoms. The van der Waals surface area contributed by atoms with Crippen molar-refractivity contribution in [2.45, 2.75) is 43.7 Å². The van der Waals surface area contributed by atoms with Gasteiger partial charge in [0.2, 0.25) is 5.03 Å². The Morgan fingerprint density at radius 2 is 1.84 bits per heavy atom. The average Bonchev–Trinajstić information content (AvgIpc) is 3.44. The third-order valence-electron chi connectivity index (χ3n) is 6.06.